The molecular formula is C8H15N3O2. The Morgan fingerprint density at radius 1 is 1.77 bits per heavy atom. The lowest BCUT2D eigenvalue weighted by Crippen LogP contribution is -2.46. The summed E-state index contributed by atoms with van der Waals surface area (Å²) in [7, 11) is 1.72. The fourth-order valence-electron chi connectivity index (χ4n) is 1.26. The molecule has 0 aliphatic carbocycles. The van der Waals surface area contributed by atoms with E-state index in [9.17, 15) is 9.59 Å². The number of carbonyl (C=O) groups excluding carboxylic acids is 2. The number of carbonyl (C=O) groups is 2. The van der Waals surface area contributed by atoms with Gasteiger partial charge in [0.1, 0.15) is 6.04 Å². The first-order chi connectivity index (χ1) is 6.02. The Labute approximate surface area is 77.3 Å². The maximum absolute atomic E-state index is 11.3. The van der Waals surface area contributed by atoms with Crippen LogP contribution in [0.4, 0.5) is 0 Å². The first kappa shape index (κ1) is 9.98. The van der Waals surface area contributed by atoms with E-state index in [1.807, 2.05) is 0 Å². The Balaban J connectivity index is 2.47. The molecule has 0 aromatic rings. The molecule has 5 nitrogen and oxygen atoms in total. The molecule has 0 bridgehead atoms. The Hall–Kier alpha value is -1.10. The summed E-state index contributed by atoms with van der Waals surface area (Å²) < 4.78 is 0. The van der Waals surface area contributed by atoms with Gasteiger partial charge in [0.05, 0.1) is 6.04 Å². The summed E-state index contributed by atoms with van der Waals surface area (Å²) in [5.74, 6) is -0.303. The standard InChI is InChI=1S/C8H15N3O2/c1-5(9)7(12)10-6-3-4-11(2)8(6)13/h5-6H,3-4,9H2,1-2H3,(H,10,12)/t5-,6?/m1/s1. The predicted molar refractivity (Wildman–Crippen MR) is 47.8 cm³/mol. The van der Waals surface area contributed by atoms with Gasteiger partial charge in [0.25, 0.3) is 0 Å². The summed E-state index contributed by atoms with van der Waals surface area (Å²) in [6.45, 7) is 2.29. The molecular weight excluding hydrogens is 170 g/mol. The van der Waals surface area contributed by atoms with Crippen molar-refractivity contribution in [2.45, 2.75) is 25.4 Å². The van der Waals surface area contributed by atoms with Gasteiger partial charge in [-0.2, -0.15) is 0 Å². The highest BCUT2D eigenvalue weighted by molar-refractivity contribution is 5.90. The van der Waals surface area contributed by atoms with E-state index in [-0.39, 0.29) is 17.9 Å². The zero-order valence-electron chi connectivity index (χ0n) is 7.91. The number of nitrogens with zero attached hydrogens (tertiary/aromatic N) is 1. The van der Waals surface area contributed by atoms with Crippen LogP contribution in [0.25, 0.3) is 0 Å². The van der Waals surface area contributed by atoms with Crippen LogP contribution in [0.15, 0.2) is 0 Å². The molecule has 13 heavy (non-hydrogen) atoms. The molecule has 0 aromatic carbocycles. The number of hydrogen-bond acceptors (Lipinski definition) is 3. The summed E-state index contributed by atoms with van der Waals surface area (Å²) >= 11 is 0. The second-order valence-corrected chi connectivity index (χ2v) is 3.40. The second kappa shape index (κ2) is 3.74. The average molecular weight is 185 g/mol. The molecule has 1 rings (SSSR count). The number of rotatable bonds is 2. The molecule has 1 aliphatic rings. The van der Waals surface area contributed by atoms with Crippen LogP contribution in [-0.2, 0) is 9.59 Å². The number of hydrogen-bond donors (Lipinski definition) is 2. The van der Waals surface area contributed by atoms with Crippen molar-refractivity contribution in [1.82, 2.24) is 10.2 Å². The van der Waals surface area contributed by atoms with Gasteiger partial charge in [-0.25, -0.2) is 0 Å². The third-order valence-corrected chi connectivity index (χ3v) is 2.16. The molecule has 1 heterocycles. The minimum absolute atomic E-state index is 0.0333. The molecule has 0 aromatic heterocycles. The summed E-state index contributed by atoms with van der Waals surface area (Å²) in [6, 6.07) is -0.929. The SMILES string of the molecule is C[C@@H](N)C(=O)NC1CCN(C)C1=O. The monoisotopic (exact) mass is 185 g/mol. The average Bonchev–Trinajstić information content (AvgIpc) is 2.36. The van der Waals surface area contributed by atoms with E-state index in [1.165, 1.54) is 0 Å². The van der Waals surface area contributed by atoms with E-state index < -0.39 is 6.04 Å². The minimum Gasteiger partial charge on any atom is -0.344 e. The van der Waals surface area contributed by atoms with Gasteiger partial charge < -0.3 is 16.0 Å². The molecule has 74 valence electrons. The van der Waals surface area contributed by atoms with E-state index in [0.29, 0.717) is 13.0 Å². The predicted octanol–water partition coefficient (Wildman–Crippen LogP) is -1.32. The molecule has 1 unspecified atom stereocenters. The van der Waals surface area contributed by atoms with Crippen LogP contribution in [-0.4, -0.2) is 42.4 Å². The molecule has 2 amide bonds. The number of likely N-dealkylation sites (tertiary alicyclic amines) is 1. The van der Waals surface area contributed by atoms with Crippen LogP contribution in [0.2, 0.25) is 0 Å². The van der Waals surface area contributed by atoms with Gasteiger partial charge in [0.15, 0.2) is 0 Å². The molecule has 1 fully saturated rings. The molecule has 0 radical (unpaired) electrons. The molecule has 0 saturated carbocycles. The third-order valence-electron chi connectivity index (χ3n) is 2.16. The third kappa shape index (κ3) is 2.18. The van der Waals surface area contributed by atoms with Crippen molar-refractivity contribution in [1.29, 1.82) is 0 Å². The quantitative estimate of drug-likeness (QED) is 0.560. The maximum Gasteiger partial charge on any atom is 0.244 e. The summed E-state index contributed by atoms with van der Waals surface area (Å²) in [6.07, 6.45) is 0.674. The molecule has 0 spiro atoms. The first-order valence-corrected chi connectivity index (χ1v) is 4.33. The Morgan fingerprint density at radius 3 is 2.77 bits per heavy atom. The van der Waals surface area contributed by atoms with Crippen LogP contribution in [0, 0.1) is 0 Å². The minimum atomic E-state index is -0.557. The van der Waals surface area contributed by atoms with Crippen molar-refractivity contribution >= 4 is 11.8 Å². The molecule has 1 saturated heterocycles. The van der Waals surface area contributed by atoms with Gasteiger partial charge in [-0.3, -0.25) is 9.59 Å². The van der Waals surface area contributed by atoms with Crippen LogP contribution in [0.3, 0.4) is 0 Å². The van der Waals surface area contributed by atoms with E-state index in [1.54, 1.807) is 18.9 Å². The molecule has 2 atom stereocenters. The van der Waals surface area contributed by atoms with E-state index in [0.717, 1.165) is 0 Å². The molecule has 3 N–H and O–H groups in total. The summed E-state index contributed by atoms with van der Waals surface area (Å²) in [4.78, 5) is 24.1. The first-order valence-electron chi connectivity index (χ1n) is 4.33. The highest BCUT2D eigenvalue weighted by atomic mass is 16.2. The van der Waals surface area contributed by atoms with Crippen LogP contribution in [0.1, 0.15) is 13.3 Å². The van der Waals surface area contributed by atoms with Gasteiger partial charge in [0.2, 0.25) is 11.8 Å². The van der Waals surface area contributed by atoms with Gasteiger partial charge >= 0.3 is 0 Å². The highest BCUT2D eigenvalue weighted by Crippen LogP contribution is 2.08. The van der Waals surface area contributed by atoms with Gasteiger partial charge in [-0.15, -0.1) is 0 Å². The lowest BCUT2D eigenvalue weighted by Gasteiger charge is -2.13. The lowest BCUT2D eigenvalue weighted by molar-refractivity contribution is -0.132. The van der Waals surface area contributed by atoms with Crippen molar-refractivity contribution in [3.63, 3.8) is 0 Å². The van der Waals surface area contributed by atoms with Crippen molar-refractivity contribution in [2.24, 2.45) is 5.73 Å². The van der Waals surface area contributed by atoms with Crippen molar-refractivity contribution in [3.8, 4) is 0 Å². The normalized spacial score (nSPS) is 24.7. The number of likely N-dealkylation sites (N-methyl/N-ethyl adjacent to an activating group) is 1. The highest BCUT2D eigenvalue weighted by Gasteiger charge is 2.30. The van der Waals surface area contributed by atoms with E-state index >= 15 is 0 Å². The number of nitrogens with two attached hydrogens (primary N) is 1. The number of amides is 2. The Morgan fingerprint density at radius 2 is 2.38 bits per heavy atom. The van der Waals surface area contributed by atoms with E-state index in [2.05, 4.69) is 5.32 Å². The van der Waals surface area contributed by atoms with Gasteiger partial charge in [-0.1, -0.05) is 0 Å². The van der Waals surface area contributed by atoms with Crippen molar-refractivity contribution < 1.29 is 9.59 Å². The summed E-state index contributed by atoms with van der Waals surface area (Å²) in [5.41, 5.74) is 5.36. The Kier molecular flexibility index (Phi) is 2.87. The van der Waals surface area contributed by atoms with E-state index in [4.69, 9.17) is 5.73 Å². The summed E-state index contributed by atoms with van der Waals surface area (Å²) in [5, 5.41) is 2.60. The Bertz CT molecular complexity index is 227. The van der Waals surface area contributed by atoms with Gasteiger partial charge in [-0.05, 0) is 13.3 Å². The maximum atomic E-state index is 11.3. The topological polar surface area (TPSA) is 75.4 Å². The van der Waals surface area contributed by atoms with Crippen molar-refractivity contribution in [2.75, 3.05) is 13.6 Å². The zero-order chi connectivity index (χ0) is 10.0. The van der Waals surface area contributed by atoms with Crippen molar-refractivity contribution in [3.05, 3.63) is 0 Å². The van der Waals surface area contributed by atoms with Crippen LogP contribution >= 0.6 is 0 Å². The largest absolute Gasteiger partial charge is 0.344 e. The fourth-order valence-corrected chi connectivity index (χ4v) is 1.26. The zero-order valence-corrected chi connectivity index (χ0v) is 7.91. The molecule has 1 aliphatic heterocycles. The smallest absolute Gasteiger partial charge is 0.244 e. The fraction of sp³-hybridized carbons (Fsp3) is 0.750. The lowest BCUT2D eigenvalue weighted by atomic mass is 10.2. The van der Waals surface area contributed by atoms with Gasteiger partial charge in [0, 0.05) is 13.6 Å². The molecule has 5 heteroatoms. The van der Waals surface area contributed by atoms with Crippen LogP contribution < -0.4 is 11.1 Å². The second-order valence-electron chi connectivity index (χ2n) is 3.40. The number of nitrogens with one attached hydrogen (secondary N) is 1. The van der Waals surface area contributed by atoms with Crippen LogP contribution in [0.5, 0.6) is 0 Å².